The number of rotatable bonds is 5. The van der Waals surface area contributed by atoms with Crippen LogP contribution in [0.25, 0.3) is 21.3 Å². The molecule has 2 aromatic heterocycles. The number of aromatic nitrogens is 2. The summed E-state index contributed by atoms with van der Waals surface area (Å²) >= 11 is 1.50. The Morgan fingerprint density at radius 1 is 1.13 bits per heavy atom. The molecular weight excluding hydrogens is 394 g/mol. The second-order valence-corrected chi connectivity index (χ2v) is 8.46. The predicted molar refractivity (Wildman–Crippen MR) is 123 cm³/mol. The van der Waals surface area contributed by atoms with E-state index in [9.17, 15) is 9.59 Å². The maximum Gasteiger partial charge on any atom is 0.263 e. The molecule has 1 N–H and O–H groups in total. The van der Waals surface area contributed by atoms with Crippen LogP contribution in [0, 0.1) is 6.92 Å². The quantitative estimate of drug-likeness (QED) is 0.486. The van der Waals surface area contributed by atoms with Crippen molar-refractivity contribution in [2.45, 2.75) is 33.2 Å². The maximum atomic E-state index is 13.4. The Morgan fingerprint density at radius 3 is 2.50 bits per heavy atom. The van der Waals surface area contributed by atoms with Gasteiger partial charge in [0.2, 0.25) is 5.91 Å². The lowest BCUT2D eigenvalue weighted by atomic mass is 10.0. The van der Waals surface area contributed by atoms with Gasteiger partial charge in [0.1, 0.15) is 10.9 Å². The van der Waals surface area contributed by atoms with Crippen LogP contribution >= 0.6 is 11.3 Å². The van der Waals surface area contributed by atoms with Crippen LogP contribution in [-0.4, -0.2) is 15.5 Å². The molecule has 1 atom stereocenters. The highest BCUT2D eigenvalue weighted by Gasteiger charge is 2.21. The van der Waals surface area contributed by atoms with E-state index in [1.54, 1.807) is 6.92 Å². The average molecular weight is 418 g/mol. The van der Waals surface area contributed by atoms with Crippen LogP contribution in [0.4, 0.5) is 5.69 Å². The Hall–Kier alpha value is -3.25. The lowest BCUT2D eigenvalue weighted by molar-refractivity contribution is -0.118. The number of aryl methyl sites for hydroxylation is 2. The van der Waals surface area contributed by atoms with Gasteiger partial charge in [0.15, 0.2) is 0 Å². The SMILES string of the molecule is CCc1ccc(NC(=O)C(C)n2cnc3sc(C)c(-c4ccccc4)c3c2=O)cc1. The Labute approximate surface area is 179 Å². The van der Waals surface area contributed by atoms with E-state index in [1.165, 1.54) is 27.8 Å². The van der Waals surface area contributed by atoms with Crippen LogP contribution in [0.3, 0.4) is 0 Å². The van der Waals surface area contributed by atoms with Crippen molar-refractivity contribution < 1.29 is 4.79 Å². The van der Waals surface area contributed by atoms with Crippen molar-refractivity contribution in [2.75, 3.05) is 5.32 Å². The summed E-state index contributed by atoms with van der Waals surface area (Å²) in [4.78, 5) is 32.4. The molecule has 4 rings (SSSR count). The van der Waals surface area contributed by atoms with E-state index in [2.05, 4.69) is 17.2 Å². The summed E-state index contributed by atoms with van der Waals surface area (Å²) < 4.78 is 1.41. The highest BCUT2D eigenvalue weighted by Crippen LogP contribution is 2.35. The smallest absolute Gasteiger partial charge is 0.263 e. The van der Waals surface area contributed by atoms with Gasteiger partial charge < -0.3 is 5.32 Å². The van der Waals surface area contributed by atoms with Crippen LogP contribution in [0.5, 0.6) is 0 Å². The number of thiophene rings is 1. The van der Waals surface area contributed by atoms with Crippen molar-refractivity contribution >= 4 is 33.1 Å². The summed E-state index contributed by atoms with van der Waals surface area (Å²) in [6, 6.07) is 16.9. The third-order valence-corrected chi connectivity index (χ3v) is 6.32. The van der Waals surface area contributed by atoms with Crippen molar-refractivity contribution in [2.24, 2.45) is 0 Å². The van der Waals surface area contributed by atoms with E-state index >= 15 is 0 Å². The van der Waals surface area contributed by atoms with E-state index in [1.807, 2.05) is 61.5 Å². The zero-order valence-corrected chi connectivity index (χ0v) is 18.0. The molecule has 0 aliphatic carbocycles. The van der Waals surface area contributed by atoms with Crippen molar-refractivity contribution in [3.05, 3.63) is 81.7 Å². The summed E-state index contributed by atoms with van der Waals surface area (Å²) in [6.45, 7) is 5.79. The summed E-state index contributed by atoms with van der Waals surface area (Å²) in [7, 11) is 0. The zero-order chi connectivity index (χ0) is 21.3. The Balaban J connectivity index is 1.71. The number of hydrogen-bond donors (Lipinski definition) is 1. The van der Waals surface area contributed by atoms with Crippen LogP contribution in [0.2, 0.25) is 0 Å². The molecule has 1 amide bonds. The van der Waals surface area contributed by atoms with E-state index in [0.29, 0.717) is 15.9 Å². The summed E-state index contributed by atoms with van der Waals surface area (Å²) in [5.74, 6) is -0.254. The van der Waals surface area contributed by atoms with Crippen molar-refractivity contribution in [3.8, 4) is 11.1 Å². The summed E-state index contributed by atoms with van der Waals surface area (Å²) in [5, 5.41) is 3.46. The minimum atomic E-state index is -0.691. The number of nitrogens with zero attached hydrogens (tertiary/aromatic N) is 2. The second-order valence-electron chi connectivity index (χ2n) is 7.25. The van der Waals surface area contributed by atoms with Gasteiger partial charge in [0.25, 0.3) is 5.56 Å². The lowest BCUT2D eigenvalue weighted by Gasteiger charge is -2.15. The topological polar surface area (TPSA) is 64.0 Å². The molecule has 152 valence electrons. The van der Waals surface area contributed by atoms with Gasteiger partial charge in [-0.15, -0.1) is 11.3 Å². The molecule has 0 aliphatic heterocycles. The van der Waals surface area contributed by atoms with Crippen LogP contribution in [0.15, 0.2) is 65.7 Å². The van der Waals surface area contributed by atoms with E-state index in [-0.39, 0.29) is 11.5 Å². The number of carbonyl (C=O) groups is 1. The lowest BCUT2D eigenvalue weighted by Crippen LogP contribution is -2.31. The third-order valence-electron chi connectivity index (χ3n) is 5.30. The molecular formula is C24H23N3O2S. The molecule has 4 aromatic rings. The van der Waals surface area contributed by atoms with Gasteiger partial charge in [-0.2, -0.15) is 0 Å². The molecule has 0 radical (unpaired) electrons. The molecule has 0 bridgehead atoms. The molecule has 0 saturated heterocycles. The molecule has 30 heavy (non-hydrogen) atoms. The molecule has 2 aromatic carbocycles. The van der Waals surface area contributed by atoms with Crippen LogP contribution < -0.4 is 10.9 Å². The van der Waals surface area contributed by atoms with Gasteiger partial charge in [-0.05, 0) is 43.5 Å². The molecule has 0 fully saturated rings. The van der Waals surface area contributed by atoms with Gasteiger partial charge in [0.05, 0.1) is 11.7 Å². The minimum Gasteiger partial charge on any atom is -0.324 e. The first-order valence-electron chi connectivity index (χ1n) is 9.95. The van der Waals surface area contributed by atoms with E-state index in [4.69, 9.17) is 0 Å². The number of amides is 1. The standard InChI is InChI=1S/C24H23N3O2S/c1-4-17-10-12-19(13-11-17)26-22(28)15(2)27-14-25-23-21(24(27)29)20(16(3)30-23)18-8-6-5-7-9-18/h5-15H,4H2,1-3H3,(H,26,28). The fourth-order valence-electron chi connectivity index (χ4n) is 3.54. The third kappa shape index (κ3) is 3.66. The van der Waals surface area contributed by atoms with Crippen LogP contribution in [0.1, 0.15) is 30.3 Å². The Bertz CT molecular complexity index is 1260. The maximum absolute atomic E-state index is 13.4. The van der Waals surface area contributed by atoms with Gasteiger partial charge >= 0.3 is 0 Å². The van der Waals surface area contributed by atoms with Gasteiger partial charge in [-0.3, -0.25) is 14.2 Å². The highest BCUT2D eigenvalue weighted by molar-refractivity contribution is 7.19. The molecule has 0 saturated carbocycles. The van der Waals surface area contributed by atoms with E-state index < -0.39 is 6.04 Å². The first-order chi connectivity index (χ1) is 14.5. The molecule has 6 heteroatoms. The fraction of sp³-hybridized carbons (Fsp3) is 0.208. The fourth-order valence-corrected chi connectivity index (χ4v) is 4.54. The molecule has 0 spiro atoms. The van der Waals surface area contributed by atoms with Crippen LogP contribution in [-0.2, 0) is 11.2 Å². The number of benzene rings is 2. The number of fused-ring (bicyclic) bond motifs is 1. The van der Waals surface area contributed by atoms with Gasteiger partial charge in [-0.25, -0.2) is 4.98 Å². The predicted octanol–water partition coefficient (Wildman–Crippen LogP) is 5.20. The van der Waals surface area contributed by atoms with Gasteiger partial charge in [-0.1, -0.05) is 49.4 Å². The zero-order valence-electron chi connectivity index (χ0n) is 17.2. The number of anilines is 1. The van der Waals surface area contributed by atoms with E-state index in [0.717, 1.165) is 22.4 Å². The summed E-state index contributed by atoms with van der Waals surface area (Å²) in [6.07, 6.45) is 2.41. The first-order valence-corrected chi connectivity index (χ1v) is 10.8. The van der Waals surface area contributed by atoms with Crippen molar-refractivity contribution in [1.29, 1.82) is 0 Å². The molecule has 2 heterocycles. The van der Waals surface area contributed by atoms with Crippen molar-refractivity contribution in [1.82, 2.24) is 9.55 Å². The average Bonchev–Trinajstić information content (AvgIpc) is 3.11. The minimum absolute atomic E-state index is 0.202. The largest absolute Gasteiger partial charge is 0.324 e. The van der Waals surface area contributed by atoms with Crippen molar-refractivity contribution in [3.63, 3.8) is 0 Å². The molecule has 0 aliphatic rings. The normalized spacial score (nSPS) is 12.1. The Morgan fingerprint density at radius 2 is 1.83 bits per heavy atom. The number of hydrogen-bond acceptors (Lipinski definition) is 4. The summed E-state index contributed by atoms with van der Waals surface area (Å²) in [5.41, 5.74) is 3.58. The molecule has 1 unspecified atom stereocenters. The number of nitrogens with one attached hydrogen (secondary N) is 1. The highest BCUT2D eigenvalue weighted by atomic mass is 32.1. The molecule has 5 nitrogen and oxygen atoms in total. The first kappa shape index (κ1) is 20.0. The Kier molecular flexibility index (Phi) is 5.50. The van der Waals surface area contributed by atoms with Gasteiger partial charge in [0, 0.05) is 16.1 Å². The monoisotopic (exact) mass is 417 g/mol. The number of carbonyl (C=O) groups excluding carboxylic acids is 1. The second kappa shape index (κ2) is 8.24.